The second kappa shape index (κ2) is 5.15. The summed E-state index contributed by atoms with van der Waals surface area (Å²) in [4.78, 5) is 24.2. The number of amides is 1. The Morgan fingerprint density at radius 2 is 2.16 bits per heavy atom. The average Bonchev–Trinajstić information content (AvgIpc) is 2.90. The van der Waals surface area contributed by atoms with Gasteiger partial charge in [0.15, 0.2) is 11.4 Å². The van der Waals surface area contributed by atoms with Crippen molar-refractivity contribution in [3.8, 4) is 11.6 Å². The Kier molecular flexibility index (Phi) is 3.20. The molecule has 98 valence electrons. The smallest absolute Gasteiger partial charge is 0.272 e. The molecule has 7 nitrogen and oxygen atoms in total. The molecule has 2 aromatic rings. The number of carbonyl (C=O) groups excluding carboxylic acids is 1. The van der Waals surface area contributed by atoms with Crippen LogP contribution in [0.4, 0.5) is 0 Å². The Morgan fingerprint density at radius 3 is 2.84 bits per heavy atom. The highest BCUT2D eigenvalue weighted by Crippen LogP contribution is 2.17. The molecule has 2 aromatic heterocycles. The summed E-state index contributed by atoms with van der Waals surface area (Å²) >= 11 is 0. The van der Waals surface area contributed by atoms with E-state index in [1.807, 2.05) is 0 Å². The van der Waals surface area contributed by atoms with E-state index >= 15 is 0 Å². The van der Waals surface area contributed by atoms with E-state index in [1.165, 1.54) is 24.9 Å². The van der Waals surface area contributed by atoms with Crippen LogP contribution in [0.15, 0.2) is 29.3 Å². The Balaban J connectivity index is 1.77. The van der Waals surface area contributed by atoms with Gasteiger partial charge in [-0.2, -0.15) is 0 Å². The van der Waals surface area contributed by atoms with Crippen LogP contribution in [0, 0.1) is 0 Å². The second-order valence-electron chi connectivity index (χ2n) is 4.08. The lowest BCUT2D eigenvalue weighted by Gasteiger charge is -2.26. The molecule has 1 unspecified atom stereocenters. The van der Waals surface area contributed by atoms with E-state index in [0.717, 1.165) is 13.0 Å². The van der Waals surface area contributed by atoms with Crippen LogP contribution >= 0.6 is 0 Å². The van der Waals surface area contributed by atoms with E-state index < -0.39 is 0 Å². The molecule has 1 aliphatic rings. The highest BCUT2D eigenvalue weighted by molar-refractivity contribution is 5.97. The van der Waals surface area contributed by atoms with Crippen molar-refractivity contribution in [2.75, 3.05) is 13.2 Å². The molecule has 0 bridgehead atoms. The predicted octanol–water partition coefficient (Wildman–Crippen LogP) is 0.650. The lowest BCUT2D eigenvalue weighted by molar-refractivity contribution is -0.0473. The van der Waals surface area contributed by atoms with Crippen molar-refractivity contribution in [3.63, 3.8) is 0 Å². The van der Waals surface area contributed by atoms with Crippen LogP contribution in [0.2, 0.25) is 0 Å². The third kappa shape index (κ3) is 2.45. The summed E-state index contributed by atoms with van der Waals surface area (Å²) in [5, 5.41) is 2.77. The van der Waals surface area contributed by atoms with E-state index in [9.17, 15) is 4.79 Å². The van der Waals surface area contributed by atoms with Crippen molar-refractivity contribution in [1.29, 1.82) is 0 Å². The number of nitrogens with zero attached hydrogens (tertiary/aromatic N) is 3. The number of hydrogen-bond acceptors (Lipinski definition) is 6. The molecule has 7 heteroatoms. The van der Waals surface area contributed by atoms with Crippen molar-refractivity contribution in [3.05, 3.63) is 30.5 Å². The lowest BCUT2D eigenvalue weighted by Crippen LogP contribution is -2.40. The van der Waals surface area contributed by atoms with Gasteiger partial charge in [0.25, 0.3) is 5.91 Å². The Morgan fingerprint density at radius 1 is 1.32 bits per heavy atom. The fourth-order valence-corrected chi connectivity index (χ4v) is 1.74. The molecule has 0 radical (unpaired) electrons. The molecule has 0 saturated carbocycles. The van der Waals surface area contributed by atoms with Crippen LogP contribution in [-0.4, -0.2) is 40.1 Å². The van der Waals surface area contributed by atoms with Gasteiger partial charge in [0.05, 0.1) is 12.3 Å². The number of ether oxygens (including phenoxy) is 1. The number of oxazole rings is 1. The van der Waals surface area contributed by atoms with Gasteiger partial charge in [-0.15, -0.1) is 0 Å². The van der Waals surface area contributed by atoms with E-state index in [-0.39, 0.29) is 23.6 Å². The van der Waals surface area contributed by atoms with E-state index in [0.29, 0.717) is 12.2 Å². The number of carbonyl (C=O) groups is 1. The number of hydrogen-bond donors (Lipinski definition) is 1. The molecule has 3 rings (SSSR count). The zero-order valence-corrected chi connectivity index (χ0v) is 10.1. The van der Waals surface area contributed by atoms with Gasteiger partial charge in [0.1, 0.15) is 6.26 Å². The highest BCUT2D eigenvalue weighted by Gasteiger charge is 2.22. The van der Waals surface area contributed by atoms with Crippen molar-refractivity contribution < 1.29 is 13.9 Å². The lowest BCUT2D eigenvalue weighted by atomic mass is 10.2. The molecule has 1 saturated heterocycles. The van der Waals surface area contributed by atoms with Crippen molar-refractivity contribution in [1.82, 2.24) is 20.3 Å². The summed E-state index contributed by atoms with van der Waals surface area (Å²) in [6.07, 6.45) is 6.94. The molecule has 1 atom stereocenters. The summed E-state index contributed by atoms with van der Waals surface area (Å²) in [7, 11) is 0. The van der Waals surface area contributed by atoms with Crippen LogP contribution in [0.3, 0.4) is 0 Å². The highest BCUT2D eigenvalue weighted by atomic mass is 16.5. The number of nitrogens with one attached hydrogen (secondary N) is 1. The Hall–Kier alpha value is -2.28. The average molecular weight is 260 g/mol. The van der Waals surface area contributed by atoms with Crippen molar-refractivity contribution in [2.45, 2.75) is 12.5 Å². The minimum atomic E-state index is -0.309. The topological polar surface area (TPSA) is 90.1 Å². The molecular formula is C12H12N4O3. The maximum Gasteiger partial charge on any atom is 0.272 e. The molecule has 1 amide bonds. The Bertz CT molecular complexity index is 566. The van der Waals surface area contributed by atoms with Crippen molar-refractivity contribution >= 4 is 5.91 Å². The first-order valence-electron chi connectivity index (χ1n) is 5.95. The molecule has 19 heavy (non-hydrogen) atoms. The van der Waals surface area contributed by atoms with Gasteiger partial charge in [0, 0.05) is 25.5 Å². The van der Waals surface area contributed by atoms with E-state index in [2.05, 4.69) is 20.3 Å². The summed E-state index contributed by atoms with van der Waals surface area (Å²) in [5.74, 6) is -0.0325. The van der Waals surface area contributed by atoms with Gasteiger partial charge in [-0.05, 0) is 6.42 Å². The third-order valence-corrected chi connectivity index (χ3v) is 2.83. The first kappa shape index (κ1) is 11.8. The van der Waals surface area contributed by atoms with Gasteiger partial charge in [-0.1, -0.05) is 0 Å². The molecule has 1 aliphatic heterocycles. The van der Waals surface area contributed by atoms with Crippen LogP contribution in [0.1, 0.15) is 16.9 Å². The summed E-state index contributed by atoms with van der Waals surface area (Å²) in [6, 6.07) is 0. The zero-order valence-electron chi connectivity index (χ0n) is 10.1. The normalized spacial score (nSPS) is 17.8. The van der Waals surface area contributed by atoms with Gasteiger partial charge >= 0.3 is 0 Å². The van der Waals surface area contributed by atoms with Crippen LogP contribution < -0.4 is 5.32 Å². The first-order valence-corrected chi connectivity index (χ1v) is 5.95. The maximum atomic E-state index is 12.1. The summed E-state index contributed by atoms with van der Waals surface area (Å²) < 4.78 is 10.4. The van der Waals surface area contributed by atoms with E-state index in [4.69, 9.17) is 9.15 Å². The molecule has 0 spiro atoms. The number of rotatable bonds is 4. The van der Waals surface area contributed by atoms with Crippen LogP contribution in [0.25, 0.3) is 11.6 Å². The molecule has 1 fully saturated rings. The minimum Gasteiger partial charge on any atom is -0.443 e. The predicted molar refractivity (Wildman–Crippen MR) is 64.2 cm³/mol. The third-order valence-electron chi connectivity index (χ3n) is 2.83. The van der Waals surface area contributed by atoms with Gasteiger partial charge in [-0.3, -0.25) is 4.79 Å². The summed E-state index contributed by atoms with van der Waals surface area (Å²) in [6.45, 7) is 1.23. The molecule has 1 N–H and O–H groups in total. The van der Waals surface area contributed by atoms with Gasteiger partial charge in [-0.25, -0.2) is 15.0 Å². The standard InChI is InChI=1S/C12H12N4O3/c17-11(16-7-8-1-5-18-8)9-10(14-3-2-13-9)12-15-4-6-19-12/h2-4,6,8H,1,5,7H2,(H,16,17). The Labute approximate surface area is 109 Å². The second-order valence-corrected chi connectivity index (χ2v) is 4.08. The molecule has 0 aliphatic carbocycles. The fraction of sp³-hybridized carbons (Fsp3) is 0.333. The van der Waals surface area contributed by atoms with Crippen molar-refractivity contribution in [2.24, 2.45) is 0 Å². The molecule has 3 heterocycles. The monoisotopic (exact) mass is 260 g/mol. The van der Waals surface area contributed by atoms with Crippen LogP contribution in [-0.2, 0) is 4.74 Å². The van der Waals surface area contributed by atoms with Crippen LogP contribution in [0.5, 0.6) is 0 Å². The largest absolute Gasteiger partial charge is 0.443 e. The maximum absolute atomic E-state index is 12.1. The SMILES string of the molecule is O=C(NCC1CCO1)c1nccnc1-c1ncco1. The fourth-order valence-electron chi connectivity index (χ4n) is 1.74. The van der Waals surface area contributed by atoms with Gasteiger partial charge < -0.3 is 14.5 Å². The van der Waals surface area contributed by atoms with Gasteiger partial charge in [0.2, 0.25) is 5.89 Å². The minimum absolute atomic E-state index is 0.103. The molecule has 0 aromatic carbocycles. The first-order chi connectivity index (χ1) is 9.34. The molecular weight excluding hydrogens is 248 g/mol. The zero-order chi connectivity index (χ0) is 13.1. The van der Waals surface area contributed by atoms with E-state index in [1.54, 1.807) is 0 Å². The number of aromatic nitrogens is 3. The summed E-state index contributed by atoms with van der Waals surface area (Å²) in [5.41, 5.74) is 0.531. The quantitative estimate of drug-likeness (QED) is 0.868.